The van der Waals surface area contributed by atoms with Crippen LogP contribution < -0.4 is 0 Å². The van der Waals surface area contributed by atoms with Gasteiger partial charge in [0.2, 0.25) is 0 Å². The van der Waals surface area contributed by atoms with E-state index in [1.165, 1.54) is 167 Å². The zero-order valence-electron chi connectivity index (χ0n) is 60.2. The molecule has 0 radical (unpaired) electrons. The number of aliphatic hydroxyl groups excluding tert-OH is 1. The fourth-order valence-corrected chi connectivity index (χ4v) is 12.6. The quantitative estimate of drug-likeness (QED) is 0.0222. The Bertz CT molecular complexity index is 1820. The Balaban J connectivity index is 5.25. The molecular formula is C73H142O17P2. The summed E-state index contributed by atoms with van der Waals surface area (Å²) in [6.45, 7) is 14.1. The maximum Gasteiger partial charge on any atom is 0.472 e. The average Bonchev–Trinajstić information content (AvgIpc) is 2.73. The molecule has 19 heteroatoms. The van der Waals surface area contributed by atoms with Gasteiger partial charge in [0.05, 0.1) is 26.4 Å². The van der Waals surface area contributed by atoms with E-state index < -0.39 is 97.5 Å². The molecule has 0 spiro atoms. The van der Waals surface area contributed by atoms with Crippen molar-refractivity contribution in [2.75, 3.05) is 39.6 Å². The van der Waals surface area contributed by atoms with Gasteiger partial charge in [0.25, 0.3) is 0 Å². The minimum atomic E-state index is -4.96. The standard InChI is InChI=1S/C73H142O17P2/c1-9-66(8)52-44-36-31-32-40-48-56-73(78)90-69(60-84-71(76)54-46-38-29-24-23-27-35-43-51-65(6)7)62-88-92(81,82)86-58-67(74)57-85-91(79,80)87-61-68(89-72(77)55-47-39-30-22-18-14-13-16-20-26-34-42-50-64(4)5)59-83-70(75)53-45-37-28-21-17-12-10-11-15-19-25-33-41-49-63(2)3/h63-69,74H,9-62H2,1-8H3,(H,79,80)(H,81,82)/t66?,67?,68-,69-/m1/s1. The predicted octanol–water partition coefficient (Wildman–Crippen LogP) is 20.9. The number of hydrogen-bond donors (Lipinski definition) is 3. The average molecular weight is 1350 g/mol. The lowest BCUT2D eigenvalue weighted by Gasteiger charge is -2.21. The van der Waals surface area contributed by atoms with E-state index >= 15 is 0 Å². The van der Waals surface area contributed by atoms with Gasteiger partial charge in [-0.05, 0) is 49.4 Å². The Labute approximate surface area is 562 Å². The van der Waals surface area contributed by atoms with Crippen LogP contribution in [0.15, 0.2) is 0 Å². The molecule has 0 rings (SSSR count). The molecule has 0 heterocycles. The first kappa shape index (κ1) is 90.1. The van der Waals surface area contributed by atoms with Crippen LogP contribution in [0.2, 0.25) is 0 Å². The highest BCUT2D eigenvalue weighted by atomic mass is 31.2. The van der Waals surface area contributed by atoms with Crippen LogP contribution in [0.3, 0.4) is 0 Å². The number of esters is 4. The Morgan fingerprint density at radius 3 is 0.772 bits per heavy atom. The van der Waals surface area contributed by atoms with E-state index in [1.54, 1.807) is 0 Å². The Morgan fingerprint density at radius 2 is 0.522 bits per heavy atom. The third-order valence-electron chi connectivity index (χ3n) is 17.2. The Kier molecular flexibility index (Phi) is 61.3. The summed E-state index contributed by atoms with van der Waals surface area (Å²) < 4.78 is 68.4. The van der Waals surface area contributed by atoms with Crippen LogP contribution in [-0.2, 0) is 65.4 Å². The van der Waals surface area contributed by atoms with Gasteiger partial charge in [-0.2, -0.15) is 0 Å². The fourth-order valence-electron chi connectivity index (χ4n) is 11.0. The zero-order valence-corrected chi connectivity index (χ0v) is 62.0. The monoisotopic (exact) mass is 1350 g/mol. The highest BCUT2D eigenvalue weighted by molar-refractivity contribution is 7.47. The van der Waals surface area contributed by atoms with E-state index in [-0.39, 0.29) is 25.7 Å². The van der Waals surface area contributed by atoms with Gasteiger partial charge in [0.15, 0.2) is 12.2 Å². The maximum absolute atomic E-state index is 13.1. The molecule has 17 nitrogen and oxygen atoms in total. The molecule has 0 amide bonds. The van der Waals surface area contributed by atoms with Gasteiger partial charge in [-0.15, -0.1) is 0 Å². The second-order valence-electron chi connectivity index (χ2n) is 28.0. The van der Waals surface area contributed by atoms with Gasteiger partial charge in [0.1, 0.15) is 19.3 Å². The first-order valence-corrected chi connectivity index (χ1v) is 40.7. The number of carbonyl (C=O) groups excluding carboxylic acids is 4. The Hall–Kier alpha value is -1.94. The fraction of sp³-hybridized carbons (Fsp3) is 0.945. The summed E-state index contributed by atoms with van der Waals surface area (Å²) in [6.07, 6.45) is 45.9. The molecule has 546 valence electrons. The van der Waals surface area contributed by atoms with Crippen LogP contribution in [0.5, 0.6) is 0 Å². The topological polar surface area (TPSA) is 237 Å². The lowest BCUT2D eigenvalue weighted by atomic mass is 10.00. The third-order valence-corrected chi connectivity index (χ3v) is 19.1. The summed E-state index contributed by atoms with van der Waals surface area (Å²) in [5.41, 5.74) is 0. The van der Waals surface area contributed by atoms with Gasteiger partial charge in [0, 0.05) is 25.7 Å². The second-order valence-corrected chi connectivity index (χ2v) is 30.9. The highest BCUT2D eigenvalue weighted by Crippen LogP contribution is 2.45. The largest absolute Gasteiger partial charge is 0.472 e. The van der Waals surface area contributed by atoms with Crippen molar-refractivity contribution >= 4 is 39.5 Å². The van der Waals surface area contributed by atoms with Crippen molar-refractivity contribution in [3.05, 3.63) is 0 Å². The molecule has 6 atom stereocenters. The molecule has 0 fully saturated rings. The van der Waals surface area contributed by atoms with Gasteiger partial charge in [-0.3, -0.25) is 37.3 Å². The van der Waals surface area contributed by atoms with E-state index in [1.807, 2.05) is 0 Å². The first-order valence-electron chi connectivity index (χ1n) is 37.7. The summed E-state index contributed by atoms with van der Waals surface area (Å²) in [5.74, 6) is 0.887. The second kappa shape index (κ2) is 62.6. The number of phosphoric ester groups is 2. The number of phosphoric acid groups is 2. The van der Waals surface area contributed by atoms with Crippen molar-refractivity contribution in [3.8, 4) is 0 Å². The highest BCUT2D eigenvalue weighted by Gasteiger charge is 2.30. The van der Waals surface area contributed by atoms with Crippen molar-refractivity contribution in [1.29, 1.82) is 0 Å². The molecule has 4 unspecified atom stereocenters. The number of unbranched alkanes of at least 4 members (excludes halogenated alkanes) is 35. The minimum Gasteiger partial charge on any atom is -0.462 e. The van der Waals surface area contributed by atoms with E-state index in [2.05, 4.69) is 55.4 Å². The summed E-state index contributed by atoms with van der Waals surface area (Å²) in [7, 11) is -9.91. The van der Waals surface area contributed by atoms with Gasteiger partial charge in [-0.25, -0.2) is 9.13 Å². The van der Waals surface area contributed by atoms with Crippen molar-refractivity contribution < 1.29 is 80.2 Å². The van der Waals surface area contributed by atoms with Crippen molar-refractivity contribution in [2.45, 2.75) is 382 Å². The summed E-state index contributed by atoms with van der Waals surface area (Å²) in [6, 6.07) is 0. The lowest BCUT2D eigenvalue weighted by Crippen LogP contribution is -2.30. The molecule has 0 aromatic rings. The van der Waals surface area contributed by atoms with Crippen LogP contribution in [0, 0.1) is 23.7 Å². The molecule has 0 aliphatic carbocycles. The maximum atomic E-state index is 13.1. The number of hydrogen-bond acceptors (Lipinski definition) is 15. The molecule has 92 heavy (non-hydrogen) atoms. The van der Waals surface area contributed by atoms with E-state index in [9.17, 15) is 43.2 Å². The normalized spacial score (nSPS) is 14.5. The molecule has 0 aromatic heterocycles. The molecular weight excluding hydrogens is 1210 g/mol. The van der Waals surface area contributed by atoms with Gasteiger partial charge >= 0.3 is 39.5 Å². The number of rotatable bonds is 70. The van der Waals surface area contributed by atoms with Crippen LogP contribution in [0.25, 0.3) is 0 Å². The van der Waals surface area contributed by atoms with Gasteiger partial charge in [-0.1, -0.05) is 312 Å². The van der Waals surface area contributed by atoms with Gasteiger partial charge < -0.3 is 33.8 Å². The minimum absolute atomic E-state index is 0.102. The number of carbonyl (C=O) groups is 4. The molecule has 0 bridgehead atoms. The number of aliphatic hydroxyl groups is 1. The van der Waals surface area contributed by atoms with Crippen LogP contribution in [-0.4, -0.2) is 96.7 Å². The van der Waals surface area contributed by atoms with Crippen molar-refractivity contribution in [3.63, 3.8) is 0 Å². The summed E-state index contributed by atoms with van der Waals surface area (Å²) >= 11 is 0. The van der Waals surface area contributed by atoms with Crippen LogP contribution >= 0.6 is 15.6 Å². The van der Waals surface area contributed by atoms with E-state index in [0.29, 0.717) is 25.7 Å². The SMILES string of the molecule is CCC(C)CCCCCCCCC(=O)O[C@H](COC(=O)CCCCCCCCCCC(C)C)COP(=O)(O)OCC(O)COP(=O)(O)OC[C@@H](COC(=O)CCCCCCCCCCCCCCCC(C)C)OC(=O)CCCCCCCCCCCCCCC(C)C. The van der Waals surface area contributed by atoms with Crippen molar-refractivity contribution in [1.82, 2.24) is 0 Å². The Morgan fingerprint density at radius 1 is 0.304 bits per heavy atom. The zero-order chi connectivity index (χ0) is 68.2. The molecule has 0 saturated heterocycles. The first-order chi connectivity index (χ1) is 44.1. The number of ether oxygens (including phenoxy) is 4. The third kappa shape index (κ3) is 65.4. The summed E-state index contributed by atoms with van der Waals surface area (Å²) in [4.78, 5) is 72.7. The van der Waals surface area contributed by atoms with E-state index in [4.69, 9.17) is 37.0 Å². The lowest BCUT2D eigenvalue weighted by molar-refractivity contribution is -0.161. The van der Waals surface area contributed by atoms with E-state index in [0.717, 1.165) is 114 Å². The predicted molar refractivity (Wildman–Crippen MR) is 372 cm³/mol. The molecule has 0 aliphatic rings. The summed E-state index contributed by atoms with van der Waals surface area (Å²) in [5, 5.41) is 10.6. The van der Waals surface area contributed by atoms with Crippen LogP contribution in [0.4, 0.5) is 0 Å². The molecule has 0 aromatic carbocycles. The molecule has 0 aliphatic heterocycles. The smallest absolute Gasteiger partial charge is 0.462 e. The van der Waals surface area contributed by atoms with Crippen LogP contribution in [0.1, 0.15) is 364 Å². The van der Waals surface area contributed by atoms with Crippen molar-refractivity contribution in [2.24, 2.45) is 23.7 Å². The molecule has 0 saturated carbocycles. The molecule has 3 N–H and O–H groups in total.